The third-order valence-corrected chi connectivity index (χ3v) is 8.09. The summed E-state index contributed by atoms with van der Waals surface area (Å²) in [6, 6.07) is 16.4. The number of ether oxygens (including phenoxy) is 1. The van der Waals surface area contributed by atoms with Gasteiger partial charge >= 0.3 is 5.97 Å². The first-order chi connectivity index (χ1) is 19.0. The number of hydrogen-bond donors (Lipinski definition) is 3. The third kappa shape index (κ3) is 6.55. The molecule has 2 aliphatic rings. The van der Waals surface area contributed by atoms with Crippen molar-refractivity contribution >= 4 is 23.9 Å². The van der Waals surface area contributed by atoms with E-state index in [1.54, 1.807) is 18.7 Å². The van der Waals surface area contributed by atoms with Crippen LogP contribution in [0.4, 0.5) is 0 Å². The topological polar surface area (TPSA) is 122 Å². The molecule has 2 heterocycles. The van der Waals surface area contributed by atoms with Gasteiger partial charge in [0.05, 0.1) is 17.6 Å². The van der Waals surface area contributed by atoms with Gasteiger partial charge in [-0.25, -0.2) is 0 Å². The van der Waals surface area contributed by atoms with Gasteiger partial charge in [-0.2, -0.15) is 0 Å². The predicted octanol–water partition coefficient (Wildman–Crippen LogP) is 4.04. The van der Waals surface area contributed by atoms with E-state index in [1.165, 1.54) is 0 Å². The lowest BCUT2D eigenvalue weighted by Gasteiger charge is -2.42. The molecule has 2 unspecified atom stereocenters. The number of aliphatic carboxylic acids is 1. The third-order valence-electron chi connectivity index (χ3n) is 8.09. The summed E-state index contributed by atoms with van der Waals surface area (Å²) in [7, 11) is 0. The van der Waals surface area contributed by atoms with Crippen LogP contribution in [0.15, 0.2) is 60.2 Å². The van der Waals surface area contributed by atoms with Crippen molar-refractivity contribution in [2.45, 2.75) is 64.5 Å². The molecule has 8 nitrogen and oxygen atoms in total. The zero-order valence-electron chi connectivity index (χ0n) is 23.7. The number of hydrogen-bond acceptors (Lipinski definition) is 5. The molecular weight excluding hydrogens is 506 g/mol. The summed E-state index contributed by atoms with van der Waals surface area (Å²) in [4.78, 5) is 41.8. The summed E-state index contributed by atoms with van der Waals surface area (Å²) in [6.45, 7) is 6.18. The number of carboxylic acids is 1. The van der Waals surface area contributed by atoms with Gasteiger partial charge in [0.25, 0.3) is 0 Å². The Hall–Kier alpha value is -3.65. The molecule has 0 saturated carbocycles. The van der Waals surface area contributed by atoms with Gasteiger partial charge in [0.1, 0.15) is 11.8 Å². The maximum absolute atomic E-state index is 14.3. The average Bonchev–Trinajstić information content (AvgIpc) is 3.15. The number of likely N-dealkylation sites (tertiary alicyclic amines) is 1. The molecule has 0 radical (unpaired) electrons. The molecule has 0 spiro atoms. The van der Waals surface area contributed by atoms with Gasteiger partial charge in [0.15, 0.2) is 0 Å². The van der Waals surface area contributed by atoms with E-state index in [0.29, 0.717) is 45.3 Å². The molecule has 0 aromatic heterocycles. The Kier molecular flexibility index (Phi) is 8.98. The molecule has 0 aliphatic carbocycles. The molecule has 1 fully saturated rings. The zero-order valence-corrected chi connectivity index (χ0v) is 23.7. The molecule has 3 atom stereocenters. The maximum atomic E-state index is 14.3. The molecule has 1 saturated heterocycles. The van der Waals surface area contributed by atoms with Crippen molar-refractivity contribution in [3.8, 4) is 5.75 Å². The minimum atomic E-state index is -1.19. The quantitative estimate of drug-likeness (QED) is 0.436. The van der Waals surface area contributed by atoms with Crippen LogP contribution in [0.2, 0.25) is 0 Å². The van der Waals surface area contributed by atoms with E-state index < -0.39 is 28.9 Å². The van der Waals surface area contributed by atoms with Crippen LogP contribution in [0.5, 0.6) is 5.75 Å². The highest BCUT2D eigenvalue weighted by Crippen LogP contribution is 2.36. The second-order valence-corrected chi connectivity index (χ2v) is 11.7. The molecule has 4 rings (SSSR count). The first kappa shape index (κ1) is 29.3. The summed E-state index contributed by atoms with van der Waals surface area (Å²) in [5.74, 6) is -1.15. The van der Waals surface area contributed by atoms with E-state index in [4.69, 9.17) is 10.5 Å². The fraction of sp³-hybridized carbons (Fsp3) is 0.469. The summed E-state index contributed by atoms with van der Waals surface area (Å²) in [5.41, 5.74) is 6.69. The Morgan fingerprint density at radius 3 is 2.50 bits per heavy atom. The lowest BCUT2D eigenvalue weighted by atomic mass is 9.74. The van der Waals surface area contributed by atoms with Crippen molar-refractivity contribution in [1.82, 2.24) is 10.2 Å². The second kappa shape index (κ2) is 12.3. The van der Waals surface area contributed by atoms with E-state index in [1.807, 2.05) is 61.5 Å². The Balaban J connectivity index is 1.68. The van der Waals surface area contributed by atoms with Crippen molar-refractivity contribution in [3.05, 3.63) is 71.3 Å². The second-order valence-electron chi connectivity index (χ2n) is 11.7. The smallest absolute Gasteiger partial charge is 0.311 e. The van der Waals surface area contributed by atoms with Crippen LogP contribution in [-0.2, 0) is 20.8 Å². The van der Waals surface area contributed by atoms with Crippen LogP contribution in [0.1, 0.15) is 57.6 Å². The van der Waals surface area contributed by atoms with Crippen LogP contribution in [0, 0.1) is 11.3 Å². The van der Waals surface area contributed by atoms with E-state index in [0.717, 1.165) is 22.4 Å². The fourth-order valence-electron chi connectivity index (χ4n) is 5.85. The first-order valence-corrected chi connectivity index (χ1v) is 14.1. The van der Waals surface area contributed by atoms with Crippen molar-refractivity contribution in [2.24, 2.45) is 17.1 Å². The highest BCUT2D eigenvalue weighted by atomic mass is 16.5. The summed E-state index contributed by atoms with van der Waals surface area (Å²) < 4.78 is 5.96. The van der Waals surface area contributed by atoms with Gasteiger partial charge in [-0.3, -0.25) is 14.4 Å². The zero-order chi connectivity index (χ0) is 28.9. The number of piperidine rings is 1. The Bertz CT molecular complexity index is 1250. The standard InChI is InChI=1S/C32H41N3O5/c1-4-25(23-15-18-40-26-14-9-8-13-24(26)19-23)27(34-29(37)31(2,3)33)28(36)35-17-10-16-32(21-35,30(38)39)20-22-11-6-5-7-12-22/h5-9,11-14,19,25,27H,4,10,15-18,20-21,33H2,1-3H3,(H,34,37)(H,38,39)/t25?,27-,32?/m1/s1. The largest absolute Gasteiger partial charge is 0.493 e. The Morgan fingerprint density at radius 2 is 1.82 bits per heavy atom. The number of fused-ring (bicyclic) bond motifs is 1. The fourth-order valence-corrected chi connectivity index (χ4v) is 5.85. The van der Waals surface area contributed by atoms with Crippen LogP contribution in [0.3, 0.4) is 0 Å². The number of benzene rings is 2. The molecule has 40 heavy (non-hydrogen) atoms. The number of carbonyl (C=O) groups is 3. The van der Waals surface area contributed by atoms with Crippen molar-refractivity contribution in [3.63, 3.8) is 0 Å². The number of nitrogens with two attached hydrogens (primary N) is 1. The molecule has 214 valence electrons. The van der Waals surface area contributed by atoms with Crippen LogP contribution < -0.4 is 15.8 Å². The number of rotatable bonds is 9. The molecule has 2 aromatic carbocycles. The van der Waals surface area contributed by atoms with Gasteiger partial charge < -0.3 is 25.8 Å². The molecule has 2 amide bonds. The van der Waals surface area contributed by atoms with Gasteiger partial charge in [-0.1, -0.05) is 67.1 Å². The van der Waals surface area contributed by atoms with Crippen molar-refractivity contribution in [1.29, 1.82) is 0 Å². The molecule has 4 N–H and O–H groups in total. The summed E-state index contributed by atoms with van der Waals surface area (Å²) in [5, 5.41) is 13.3. The van der Waals surface area contributed by atoms with Gasteiger partial charge in [-0.15, -0.1) is 0 Å². The minimum Gasteiger partial charge on any atom is -0.493 e. The molecule has 8 heteroatoms. The van der Waals surface area contributed by atoms with E-state index >= 15 is 0 Å². The predicted molar refractivity (Wildman–Crippen MR) is 155 cm³/mol. The van der Waals surface area contributed by atoms with Gasteiger partial charge in [-0.05, 0) is 51.2 Å². The van der Waals surface area contributed by atoms with Crippen LogP contribution in [0.25, 0.3) is 6.08 Å². The number of carbonyl (C=O) groups excluding carboxylic acids is 2. The summed E-state index contributed by atoms with van der Waals surface area (Å²) >= 11 is 0. The lowest BCUT2D eigenvalue weighted by Crippen LogP contribution is -2.61. The minimum absolute atomic E-state index is 0.0792. The van der Waals surface area contributed by atoms with Crippen LogP contribution in [-0.4, -0.2) is 59.1 Å². The normalized spacial score (nSPS) is 20.7. The van der Waals surface area contributed by atoms with E-state index in [9.17, 15) is 19.5 Å². The Labute approximate surface area is 236 Å². The number of nitrogens with zero attached hydrogens (tertiary/aromatic N) is 1. The van der Waals surface area contributed by atoms with E-state index in [-0.39, 0.29) is 18.4 Å². The molecule has 2 aliphatic heterocycles. The molecule has 2 aromatic rings. The average molecular weight is 548 g/mol. The number of nitrogens with one attached hydrogen (secondary N) is 1. The SMILES string of the molecule is CCC(C1=Cc2ccccc2OCC1)[C@@H](NC(=O)C(C)(C)N)C(=O)N1CCCC(Cc2ccccc2)(C(=O)O)C1. The highest BCUT2D eigenvalue weighted by Gasteiger charge is 2.46. The van der Waals surface area contributed by atoms with Crippen LogP contribution >= 0.6 is 0 Å². The number of amides is 2. The monoisotopic (exact) mass is 547 g/mol. The van der Waals surface area contributed by atoms with Gasteiger partial charge in [0, 0.05) is 31.0 Å². The Morgan fingerprint density at radius 1 is 1.12 bits per heavy atom. The lowest BCUT2D eigenvalue weighted by molar-refractivity contribution is -0.156. The van der Waals surface area contributed by atoms with E-state index in [2.05, 4.69) is 11.4 Å². The first-order valence-electron chi connectivity index (χ1n) is 14.1. The molecule has 0 bridgehead atoms. The van der Waals surface area contributed by atoms with Crippen molar-refractivity contribution < 1.29 is 24.2 Å². The molecular formula is C32H41N3O5. The van der Waals surface area contributed by atoms with Crippen molar-refractivity contribution in [2.75, 3.05) is 19.7 Å². The highest BCUT2D eigenvalue weighted by molar-refractivity contribution is 5.92. The number of para-hydroxylation sites is 1. The number of carboxylic acid groups (broad SMARTS) is 1. The summed E-state index contributed by atoms with van der Waals surface area (Å²) in [6.07, 6.45) is 4.63. The van der Waals surface area contributed by atoms with Gasteiger partial charge in [0.2, 0.25) is 11.8 Å². The maximum Gasteiger partial charge on any atom is 0.311 e.